The lowest BCUT2D eigenvalue weighted by Gasteiger charge is -2.23. The zero-order valence-corrected chi connectivity index (χ0v) is 23.2. The minimum atomic E-state index is 0.0411. The van der Waals surface area contributed by atoms with Crippen LogP contribution in [0.3, 0.4) is 0 Å². The zero-order chi connectivity index (χ0) is 24.2. The molecule has 0 aliphatic heterocycles. The molecule has 4 heteroatoms. The average molecular weight is 502 g/mol. The zero-order valence-electron chi connectivity index (χ0n) is 20.8. The van der Waals surface area contributed by atoms with Crippen LogP contribution >= 0.6 is 34.4 Å². The molecule has 1 nitrogen and oxygen atoms in total. The molecule has 5 aromatic rings. The van der Waals surface area contributed by atoms with Gasteiger partial charge in [0.2, 0.25) is 0 Å². The van der Waals surface area contributed by atoms with Crippen molar-refractivity contribution in [1.82, 2.24) is 4.98 Å². The van der Waals surface area contributed by atoms with Crippen molar-refractivity contribution in [1.29, 1.82) is 0 Å². The SMILES string of the molecule is C=CSc1ccc(-c2nccc3sc4cc5c(C)c(CC(C)C)sc5cc4c23)cc1C(C)(C)C. The van der Waals surface area contributed by atoms with Crippen molar-refractivity contribution in [2.75, 3.05) is 0 Å². The number of benzene rings is 2. The Bertz CT molecular complexity index is 1540. The van der Waals surface area contributed by atoms with Crippen molar-refractivity contribution in [3.63, 3.8) is 0 Å². The standard InChI is InChI=1S/C30H31NS3/c1-8-32-23-10-9-19(14-22(23)30(5,6)7)29-28-21-16-26-20(18(4)25(34-26)13-17(2)3)15-27(21)33-24(28)11-12-31-29/h8-12,14-17H,1,13H2,2-7H3. The highest BCUT2D eigenvalue weighted by Gasteiger charge is 2.21. The lowest BCUT2D eigenvalue weighted by atomic mass is 9.85. The van der Waals surface area contributed by atoms with Gasteiger partial charge in [-0.3, -0.25) is 4.98 Å². The second-order valence-electron chi connectivity index (χ2n) is 10.5. The van der Waals surface area contributed by atoms with Gasteiger partial charge in [-0.15, -0.1) is 22.7 Å². The molecule has 0 N–H and O–H groups in total. The molecule has 3 aromatic heterocycles. The monoisotopic (exact) mass is 501 g/mol. The molecule has 5 rings (SSSR count). The van der Waals surface area contributed by atoms with E-state index in [0.717, 1.165) is 12.1 Å². The first-order valence-electron chi connectivity index (χ1n) is 11.8. The van der Waals surface area contributed by atoms with Gasteiger partial charge in [0.25, 0.3) is 0 Å². The van der Waals surface area contributed by atoms with E-state index in [0.29, 0.717) is 5.92 Å². The van der Waals surface area contributed by atoms with Crippen LogP contribution in [0.1, 0.15) is 50.6 Å². The molecule has 0 atom stereocenters. The smallest absolute Gasteiger partial charge is 0.0795 e. The summed E-state index contributed by atoms with van der Waals surface area (Å²) in [6.07, 6.45) is 3.11. The maximum absolute atomic E-state index is 4.92. The number of pyridine rings is 1. The maximum Gasteiger partial charge on any atom is 0.0795 e. The van der Waals surface area contributed by atoms with Gasteiger partial charge in [0.1, 0.15) is 0 Å². The molecule has 0 unspecified atom stereocenters. The summed E-state index contributed by atoms with van der Waals surface area (Å²) in [7, 11) is 0. The van der Waals surface area contributed by atoms with Crippen molar-refractivity contribution in [2.24, 2.45) is 5.92 Å². The Morgan fingerprint density at radius 3 is 2.44 bits per heavy atom. The van der Waals surface area contributed by atoms with Gasteiger partial charge >= 0.3 is 0 Å². The van der Waals surface area contributed by atoms with Gasteiger partial charge < -0.3 is 0 Å². The third kappa shape index (κ3) is 4.10. The van der Waals surface area contributed by atoms with Crippen molar-refractivity contribution >= 4 is 64.7 Å². The molecule has 0 aliphatic rings. The minimum Gasteiger partial charge on any atom is -0.256 e. The summed E-state index contributed by atoms with van der Waals surface area (Å²) in [4.78, 5) is 7.71. The Hall–Kier alpha value is -2.14. The Kier molecular flexibility index (Phi) is 6.12. The van der Waals surface area contributed by atoms with Gasteiger partial charge in [-0.2, -0.15) is 0 Å². The van der Waals surface area contributed by atoms with Crippen LogP contribution in [0.15, 0.2) is 59.5 Å². The molecule has 0 bridgehead atoms. The predicted octanol–water partition coefficient (Wildman–Crippen LogP) is 10.4. The fourth-order valence-corrected chi connectivity index (χ4v) is 8.11. The van der Waals surface area contributed by atoms with E-state index < -0.39 is 0 Å². The van der Waals surface area contributed by atoms with E-state index in [1.807, 2.05) is 34.3 Å². The van der Waals surface area contributed by atoms with E-state index in [9.17, 15) is 0 Å². The molecule has 3 heterocycles. The number of fused-ring (bicyclic) bond motifs is 4. The van der Waals surface area contributed by atoms with Crippen molar-refractivity contribution in [3.05, 3.63) is 70.6 Å². The highest BCUT2D eigenvalue weighted by atomic mass is 32.2. The second-order valence-corrected chi connectivity index (χ2v) is 13.7. The van der Waals surface area contributed by atoms with Crippen LogP contribution in [0.2, 0.25) is 0 Å². The Labute approximate surface area is 214 Å². The maximum atomic E-state index is 4.92. The fourth-order valence-electron chi connectivity index (χ4n) is 4.72. The largest absolute Gasteiger partial charge is 0.256 e. The molecule has 0 fully saturated rings. The summed E-state index contributed by atoms with van der Waals surface area (Å²) < 4.78 is 4.05. The minimum absolute atomic E-state index is 0.0411. The topological polar surface area (TPSA) is 12.9 Å². The lowest BCUT2D eigenvalue weighted by Crippen LogP contribution is -2.12. The van der Waals surface area contributed by atoms with Gasteiger partial charge in [-0.25, -0.2) is 0 Å². The molecule has 2 aromatic carbocycles. The lowest BCUT2D eigenvalue weighted by molar-refractivity contribution is 0.578. The number of rotatable bonds is 5. The van der Waals surface area contributed by atoms with Crippen LogP contribution in [0.5, 0.6) is 0 Å². The number of aryl methyl sites for hydroxylation is 1. The first-order chi connectivity index (χ1) is 16.2. The van der Waals surface area contributed by atoms with Gasteiger partial charge in [-0.05, 0) is 76.9 Å². The molecule has 34 heavy (non-hydrogen) atoms. The highest BCUT2D eigenvalue weighted by molar-refractivity contribution is 8.02. The van der Waals surface area contributed by atoms with E-state index in [2.05, 4.69) is 84.5 Å². The summed E-state index contributed by atoms with van der Waals surface area (Å²) >= 11 is 5.55. The number of thioether (sulfide) groups is 1. The predicted molar refractivity (Wildman–Crippen MR) is 156 cm³/mol. The molecule has 0 radical (unpaired) electrons. The average Bonchev–Trinajstić information content (AvgIpc) is 3.28. The summed E-state index contributed by atoms with van der Waals surface area (Å²) in [5.41, 5.74) is 5.10. The van der Waals surface area contributed by atoms with Crippen LogP contribution in [-0.4, -0.2) is 4.98 Å². The van der Waals surface area contributed by atoms with Gasteiger partial charge in [0.15, 0.2) is 0 Å². The normalized spacial score (nSPS) is 12.4. The van der Waals surface area contributed by atoms with Crippen LogP contribution in [0, 0.1) is 12.8 Å². The van der Waals surface area contributed by atoms with Crippen LogP contribution in [-0.2, 0) is 11.8 Å². The Morgan fingerprint density at radius 1 is 1.00 bits per heavy atom. The Balaban J connectivity index is 1.75. The van der Waals surface area contributed by atoms with Crippen molar-refractivity contribution in [3.8, 4) is 11.3 Å². The third-order valence-electron chi connectivity index (χ3n) is 6.40. The molecule has 0 aliphatic carbocycles. The van der Waals surface area contributed by atoms with E-state index in [4.69, 9.17) is 4.98 Å². The fraction of sp³-hybridized carbons (Fsp3) is 0.300. The van der Waals surface area contributed by atoms with Crippen LogP contribution in [0.25, 0.3) is 41.5 Å². The number of hydrogen-bond acceptors (Lipinski definition) is 4. The number of aromatic nitrogens is 1. The summed E-state index contributed by atoms with van der Waals surface area (Å²) in [5.74, 6) is 0.670. The van der Waals surface area contributed by atoms with E-state index in [1.54, 1.807) is 11.8 Å². The van der Waals surface area contributed by atoms with Crippen LogP contribution in [0.4, 0.5) is 0 Å². The first kappa shape index (κ1) is 23.6. The molecule has 0 saturated heterocycles. The van der Waals surface area contributed by atoms with Crippen molar-refractivity contribution < 1.29 is 0 Å². The van der Waals surface area contributed by atoms with Crippen molar-refractivity contribution in [2.45, 2.75) is 58.3 Å². The van der Waals surface area contributed by atoms with E-state index in [-0.39, 0.29) is 5.41 Å². The van der Waals surface area contributed by atoms with Crippen LogP contribution < -0.4 is 0 Å². The molecule has 0 spiro atoms. The van der Waals surface area contributed by atoms with E-state index in [1.165, 1.54) is 56.7 Å². The number of thiophene rings is 2. The highest BCUT2D eigenvalue weighted by Crippen LogP contribution is 2.44. The number of nitrogens with zero attached hydrogens (tertiary/aromatic N) is 1. The molecular weight excluding hydrogens is 471 g/mol. The summed E-state index contributed by atoms with van der Waals surface area (Å²) in [6, 6.07) is 13.8. The molecule has 174 valence electrons. The summed E-state index contributed by atoms with van der Waals surface area (Å²) in [5, 5.41) is 5.94. The quantitative estimate of drug-likeness (QED) is 0.222. The second kappa shape index (κ2) is 8.82. The number of hydrogen-bond donors (Lipinski definition) is 0. The molecule has 0 saturated carbocycles. The van der Waals surface area contributed by atoms with Gasteiger partial charge in [0, 0.05) is 46.4 Å². The van der Waals surface area contributed by atoms with E-state index >= 15 is 0 Å². The summed E-state index contributed by atoms with van der Waals surface area (Å²) in [6.45, 7) is 17.7. The van der Waals surface area contributed by atoms with Gasteiger partial charge in [-0.1, -0.05) is 59.0 Å². The molecular formula is C30H31NS3. The first-order valence-corrected chi connectivity index (χ1v) is 14.3. The Morgan fingerprint density at radius 2 is 1.74 bits per heavy atom. The van der Waals surface area contributed by atoms with Gasteiger partial charge in [0.05, 0.1) is 5.69 Å². The third-order valence-corrected chi connectivity index (χ3v) is 9.58. The molecule has 0 amide bonds.